The van der Waals surface area contributed by atoms with Crippen LogP contribution in [0.3, 0.4) is 0 Å². The number of aliphatic hydroxyl groups is 1. The second-order valence-corrected chi connectivity index (χ2v) is 12.1. The van der Waals surface area contributed by atoms with E-state index in [0.29, 0.717) is 38.3 Å². The van der Waals surface area contributed by atoms with E-state index in [1.165, 1.54) is 34.7 Å². The van der Waals surface area contributed by atoms with Crippen LogP contribution >= 0.6 is 0 Å². The molecule has 0 saturated carbocycles. The number of carbonyl (C=O) groups is 2. The second kappa shape index (κ2) is 19.2. The highest BCUT2D eigenvalue weighted by Crippen LogP contribution is 2.21. The number of rotatable bonds is 12. The predicted molar refractivity (Wildman–Crippen MR) is 159 cm³/mol. The van der Waals surface area contributed by atoms with Crippen molar-refractivity contribution in [3.63, 3.8) is 0 Å². The second-order valence-electron chi connectivity index (χ2n) is 10.1. The molecule has 3 rings (SSSR count). The fourth-order valence-electron chi connectivity index (χ4n) is 4.02. The summed E-state index contributed by atoms with van der Waals surface area (Å²) < 4.78 is 43.3. The van der Waals surface area contributed by atoms with E-state index in [1.807, 2.05) is 20.6 Å². The number of carbonyl (C=O) groups excluding carboxylic acids is 2. The molecule has 2 N–H and O–H groups in total. The van der Waals surface area contributed by atoms with E-state index in [-0.39, 0.29) is 42.5 Å². The first-order valence-corrected chi connectivity index (χ1v) is 15.1. The van der Waals surface area contributed by atoms with Crippen molar-refractivity contribution in [2.24, 2.45) is 11.8 Å². The summed E-state index contributed by atoms with van der Waals surface area (Å²) in [7, 11) is -2.13. The van der Waals surface area contributed by atoms with E-state index < -0.39 is 16.1 Å². The minimum Gasteiger partial charge on any atom is -0.497 e. The van der Waals surface area contributed by atoms with Gasteiger partial charge in [0.25, 0.3) is 0 Å². The van der Waals surface area contributed by atoms with Gasteiger partial charge < -0.3 is 29.4 Å². The maximum absolute atomic E-state index is 13.1. The molecule has 2 atom stereocenters. The summed E-state index contributed by atoms with van der Waals surface area (Å²) in [6, 6.07) is 14.8. The smallest absolute Gasteiger partial charge is 0.407 e. The van der Waals surface area contributed by atoms with Crippen molar-refractivity contribution in [2.45, 2.75) is 51.5 Å². The van der Waals surface area contributed by atoms with Gasteiger partial charge in [-0.2, -0.15) is 4.31 Å². The predicted octanol–water partition coefficient (Wildman–Crippen LogP) is 3.97. The van der Waals surface area contributed by atoms with Gasteiger partial charge in [0.05, 0.1) is 25.2 Å². The van der Waals surface area contributed by atoms with Crippen molar-refractivity contribution >= 4 is 22.9 Å². The first-order chi connectivity index (χ1) is 19.6. The summed E-state index contributed by atoms with van der Waals surface area (Å²) in [5, 5.41) is 11.7. The van der Waals surface area contributed by atoms with Crippen molar-refractivity contribution in [1.82, 2.24) is 9.62 Å². The number of nitrogens with zero attached hydrogens (tertiary/aromatic N) is 1. The maximum Gasteiger partial charge on any atom is 0.407 e. The van der Waals surface area contributed by atoms with Gasteiger partial charge in [-0.05, 0) is 56.9 Å². The zero-order chi connectivity index (χ0) is 30.8. The minimum atomic E-state index is -3.66. The Morgan fingerprint density at radius 3 is 2.17 bits per heavy atom. The van der Waals surface area contributed by atoms with Gasteiger partial charge in [0.2, 0.25) is 10.0 Å². The van der Waals surface area contributed by atoms with Crippen molar-refractivity contribution in [3.05, 3.63) is 59.7 Å². The molecule has 1 saturated heterocycles. The molecule has 41 heavy (non-hydrogen) atoms. The molecule has 1 amide bonds. The van der Waals surface area contributed by atoms with Crippen LogP contribution in [-0.4, -0.2) is 83.4 Å². The summed E-state index contributed by atoms with van der Waals surface area (Å²) in [5.41, 5.74) is 2.66. The Labute approximate surface area is 245 Å². The molecule has 230 valence electrons. The Kier molecular flexibility index (Phi) is 16.9. The Hall–Kier alpha value is -2.99. The largest absolute Gasteiger partial charge is 0.497 e. The molecule has 10 nitrogen and oxygen atoms in total. The van der Waals surface area contributed by atoms with Crippen molar-refractivity contribution in [1.29, 1.82) is 0 Å². The molecule has 11 heteroatoms. The summed E-state index contributed by atoms with van der Waals surface area (Å²) in [6.45, 7) is 11.8. The van der Waals surface area contributed by atoms with E-state index >= 15 is 0 Å². The van der Waals surface area contributed by atoms with Gasteiger partial charge >= 0.3 is 6.09 Å². The van der Waals surface area contributed by atoms with Gasteiger partial charge in [0.15, 0.2) is 0 Å². The molecule has 0 radical (unpaired) electrons. The topological polar surface area (TPSA) is 131 Å². The summed E-state index contributed by atoms with van der Waals surface area (Å²) in [5.74, 6) is 0.731. The van der Waals surface area contributed by atoms with E-state index in [0.717, 1.165) is 0 Å². The highest BCUT2D eigenvalue weighted by molar-refractivity contribution is 7.89. The fourth-order valence-corrected chi connectivity index (χ4v) is 5.66. The van der Waals surface area contributed by atoms with Crippen LogP contribution in [0.25, 0.3) is 0 Å². The Bertz CT molecular complexity index is 1090. The number of alkyl carbamates (subject to hydrolysis) is 1. The Balaban J connectivity index is 0.000000711. The fraction of sp³-hybridized carbons (Fsp3) is 0.533. The van der Waals surface area contributed by atoms with Gasteiger partial charge in [-0.1, -0.05) is 49.2 Å². The molecule has 2 aromatic carbocycles. The third kappa shape index (κ3) is 13.0. The molecule has 0 bridgehead atoms. The number of aryl methyl sites for hydroxylation is 2. The lowest BCUT2D eigenvalue weighted by molar-refractivity contribution is -0.0980. The van der Waals surface area contributed by atoms with E-state index in [2.05, 4.69) is 43.4 Å². The number of sulfonamides is 1. The standard InChI is InChI=1S/C21H34N2O7S.C8H10.CH2O/c1-16(2)13-23(31(26,27)19-7-5-18(28-3)6-8-19)11-4-10-22-21(25)30-20-15-29-14-17(20)9-12-24;1-7-3-5-8(2)6-4-7;1-2/h5-8,16-17,20,24H,4,9-15H2,1-3H3,(H,22,25);3-6H,1-2H3;1H2/t17-,20+;;/m1../s1. The molecule has 0 aliphatic carbocycles. The van der Waals surface area contributed by atoms with Crippen molar-refractivity contribution < 1.29 is 37.3 Å². The number of hydrogen-bond acceptors (Lipinski definition) is 8. The summed E-state index contributed by atoms with van der Waals surface area (Å²) in [6.07, 6.45) is 0.0240. The molecule has 0 unspecified atom stereocenters. The number of methoxy groups -OCH3 is 1. The van der Waals surface area contributed by atoms with Gasteiger partial charge in [-0.25, -0.2) is 13.2 Å². The van der Waals surface area contributed by atoms with E-state index in [4.69, 9.17) is 24.1 Å². The lowest BCUT2D eigenvalue weighted by atomic mass is 10.0. The Morgan fingerprint density at radius 1 is 1.07 bits per heavy atom. The average Bonchev–Trinajstić information content (AvgIpc) is 3.39. The highest BCUT2D eigenvalue weighted by Gasteiger charge is 2.31. The van der Waals surface area contributed by atoms with Gasteiger partial charge in [-0.3, -0.25) is 0 Å². The zero-order valence-electron chi connectivity index (χ0n) is 24.9. The van der Waals surface area contributed by atoms with Crippen LogP contribution < -0.4 is 10.1 Å². The number of nitrogens with one attached hydrogen (secondary N) is 1. The first kappa shape index (κ1) is 36.0. The molecule has 1 heterocycles. The van der Waals surface area contributed by atoms with Crippen LogP contribution in [0, 0.1) is 25.7 Å². The van der Waals surface area contributed by atoms with E-state index in [1.54, 1.807) is 12.1 Å². The van der Waals surface area contributed by atoms with Crippen LogP contribution in [0.4, 0.5) is 4.79 Å². The van der Waals surface area contributed by atoms with Gasteiger partial charge in [0, 0.05) is 32.2 Å². The van der Waals surface area contributed by atoms with Crippen LogP contribution in [0.2, 0.25) is 0 Å². The lowest BCUT2D eigenvalue weighted by Gasteiger charge is -2.24. The first-order valence-electron chi connectivity index (χ1n) is 13.7. The number of amides is 1. The number of ether oxygens (including phenoxy) is 3. The monoisotopic (exact) mass is 594 g/mol. The molecular weight excluding hydrogens is 548 g/mol. The SMILES string of the molecule is C=O.COc1ccc(S(=O)(=O)N(CCCNC(=O)O[C@H]2COC[C@H]2CCO)CC(C)C)cc1.Cc1ccc(C)cc1. The zero-order valence-corrected chi connectivity index (χ0v) is 25.7. The van der Waals surface area contributed by atoms with Gasteiger partial charge in [0.1, 0.15) is 18.6 Å². The minimum absolute atomic E-state index is 0.00748. The maximum atomic E-state index is 13.1. The number of benzene rings is 2. The summed E-state index contributed by atoms with van der Waals surface area (Å²) in [4.78, 5) is 20.3. The van der Waals surface area contributed by atoms with Crippen molar-refractivity contribution in [2.75, 3.05) is 46.6 Å². The van der Waals surface area contributed by atoms with Crippen LogP contribution in [-0.2, 0) is 24.3 Å². The van der Waals surface area contributed by atoms with Crippen molar-refractivity contribution in [3.8, 4) is 5.75 Å². The molecular formula is C30H46N2O8S. The molecule has 1 aliphatic rings. The van der Waals surface area contributed by atoms with Gasteiger partial charge in [-0.15, -0.1) is 0 Å². The van der Waals surface area contributed by atoms with Crippen LogP contribution in [0.15, 0.2) is 53.4 Å². The third-order valence-corrected chi connectivity index (χ3v) is 8.12. The molecule has 1 aliphatic heterocycles. The molecule has 0 aromatic heterocycles. The quantitative estimate of drug-likeness (QED) is 0.353. The molecule has 2 aromatic rings. The molecule has 0 spiro atoms. The normalized spacial score (nSPS) is 16.3. The van der Waals surface area contributed by atoms with Crippen LogP contribution in [0.1, 0.15) is 37.8 Å². The summed E-state index contributed by atoms with van der Waals surface area (Å²) >= 11 is 0. The number of aliphatic hydroxyl groups excluding tert-OH is 1. The van der Waals surface area contributed by atoms with E-state index in [9.17, 15) is 13.2 Å². The molecule has 1 fully saturated rings. The third-order valence-electron chi connectivity index (χ3n) is 6.24. The average molecular weight is 595 g/mol. The lowest BCUT2D eigenvalue weighted by Crippen LogP contribution is -2.37. The Morgan fingerprint density at radius 2 is 1.66 bits per heavy atom. The van der Waals surface area contributed by atoms with Crippen LogP contribution in [0.5, 0.6) is 5.75 Å². The highest BCUT2D eigenvalue weighted by atomic mass is 32.2. The number of hydrogen-bond donors (Lipinski definition) is 2.